The number of fused-ring (bicyclic) bond motifs is 1. The van der Waals surface area contributed by atoms with Gasteiger partial charge in [0, 0.05) is 19.2 Å². The molecular weight excluding hydrogens is 322 g/mol. The molecule has 1 aromatic carbocycles. The van der Waals surface area contributed by atoms with E-state index in [9.17, 15) is 13.2 Å². The van der Waals surface area contributed by atoms with Gasteiger partial charge in [-0.1, -0.05) is 0 Å². The summed E-state index contributed by atoms with van der Waals surface area (Å²) >= 11 is 0. The molecule has 1 fully saturated rings. The number of hydrogen-bond donors (Lipinski definition) is 1. The zero-order valence-electron chi connectivity index (χ0n) is 12.6. The highest BCUT2D eigenvalue weighted by atomic mass is 32.2. The van der Waals surface area contributed by atoms with Gasteiger partial charge in [0.1, 0.15) is 19.0 Å². The molecule has 126 valence electrons. The number of rotatable bonds is 5. The lowest BCUT2D eigenvalue weighted by molar-refractivity contribution is -0.119. The Hall–Kier alpha value is -1.80. The van der Waals surface area contributed by atoms with E-state index in [1.54, 1.807) is 6.07 Å². The number of ether oxygens (including phenoxy) is 3. The number of benzene rings is 1. The van der Waals surface area contributed by atoms with Crippen molar-refractivity contribution in [2.45, 2.75) is 23.8 Å². The third-order valence-electron chi connectivity index (χ3n) is 3.74. The molecule has 2 aliphatic rings. The van der Waals surface area contributed by atoms with E-state index in [1.807, 2.05) is 0 Å². The van der Waals surface area contributed by atoms with Crippen LogP contribution >= 0.6 is 0 Å². The Bertz CT molecular complexity index is 681. The SMILES string of the molecule is O=C(CS(=O)(=O)c1ccc2c(c1)OCCO2)NC[C@H]1CCCO1. The van der Waals surface area contributed by atoms with E-state index in [0.29, 0.717) is 37.9 Å². The first-order valence-electron chi connectivity index (χ1n) is 7.55. The summed E-state index contributed by atoms with van der Waals surface area (Å²) in [7, 11) is -3.73. The Morgan fingerprint density at radius 2 is 1.96 bits per heavy atom. The Morgan fingerprint density at radius 1 is 1.17 bits per heavy atom. The number of amides is 1. The van der Waals surface area contributed by atoms with Crippen LogP contribution in [0.3, 0.4) is 0 Å². The Balaban J connectivity index is 1.62. The molecule has 2 heterocycles. The Morgan fingerprint density at radius 3 is 2.70 bits per heavy atom. The lowest BCUT2D eigenvalue weighted by Crippen LogP contribution is -2.35. The molecule has 0 bridgehead atoms. The van der Waals surface area contributed by atoms with Crippen molar-refractivity contribution in [1.29, 1.82) is 0 Å². The van der Waals surface area contributed by atoms with Crippen LogP contribution in [0.2, 0.25) is 0 Å². The highest BCUT2D eigenvalue weighted by molar-refractivity contribution is 7.92. The van der Waals surface area contributed by atoms with Crippen LogP contribution in [0.5, 0.6) is 11.5 Å². The van der Waals surface area contributed by atoms with E-state index in [0.717, 1.165) is 12.8 Å². The topological polar surface area (TPSA) is 90.9 Å². The van der Waals surface area contributed by atoms with Crippen LogP contribution in [-0.4, -0.2) is 52.5 Å². The van der Waals surface area contributed by atoms with Gasteiger partial charge in [0.05, 0.1) is 11.0 Å². The van der Waals surface area contributed by atoms with E-state index in [1.165, 1.54) is 12.1 Å². The first-order chi connectivity index (χ1) is 11.0. The lowest BCUT2D eigenvalue weighted by atomic mass is 10.2. The minimum Gasteiger partial charge on any atom is -0.486 e. The fraction of sp³-hybridized carbons (Fsp3) is 0.533. The summed E-state index contributed by atoms with van der Waals surface area (Å²) < 4.78 is 40.8. The van der Waals surface area contributed by atoms with Gasteiger partial charge in [-0.05, 0) is 25.0 Å². The monoisotopic (exact) mass is 341 g/mol. The van der Waals surface area contributed by atoms with Gasteiger partial charge >= 0.3 is 0 Å². The quantitative estimate of drug-likeness (QED) is 0.840. The van der Waals surface area contributed by atoms with E-state index >= 15 is 0 Å². The number of nitrogens with one attached hydrogen (secondary N) is 1. The summed E-state index contributed by atoms with van der Waals surface area (Å²) in [6.45, 7) is 1.84. The van der Waals surface area contributed by atoms with Gasteiger partial charge in [-0.15, -0.1) is 0 Å². The van der Waals surface area contributed by atoms with Crippen molar-refractivity contribution in [3.05, 3.63) is 18.2 Å². The fourth-order valence-electron chi connectivity index (χ4n) is 2.56. The van der Waals surface area contributed by atoms with Crippen molar-refractivity contribution >= 4 is 15.7 Å². The average molecular weight is 341 g/mol. The second-order valence-corrected chi connectivity index (χ2v) is 7.49. The van der Waals surface area contributed by atoms with Crippen LogP contribution in [0.1, 0.15) is 12.8 Å². The first-order valence-corrected chi connectivity index (χ1v) is 9.20. The number of carbonyl (C=O) groups is 1. The van der Waals surface area contributed by atoms with Crippen LogP contribution < -0.4 is 14.8 Å². The van der Waals surface area contributed by atoms with Crippen LogP contribution in [0.4, 0.5) is 0 Å². The summed E-state index contributed by atoms with van der Waals surface area (Å²) in [6.07, 6.45) is 1.83. The van der Waals surface area contributed by atoms with Gasteiger partial charge in [0.2, 0.25) is 5.91 Å². The number of hydrogen-bond acceptors (Lipinski definition) is 6. The second-order valence-electron chi connectivity index (χ2n) is 5.50. The Kier molecular flexibility index (Phi) is 4.72. The summed E-state index contributed by atoms with van der Waals surface area (Å²) in [5.74, 6) is -0.232. The molecule has 3 rings (SSSR count). The zero-order valence-corrected chi connectivity index (χ0v) is 13.4. The minimum absolute atomic E-state index is 0.0176. The predicted molar refractivity (Wildman–Crippen MR) is 81.5 cm³/mol. The van der Waals surface area contributed by atoms with Crippen molar-refractivity contribution < 1.29 is 27.4 Å². The zero-order chi connectivity index (χ0) is 16.3. The maximum Gasteiger partial charge on any atom is 0.235 e. The predicted octanol–water partition coefficient (Wildman–Crippen LogP) is 0.527. The van der Waals surface area contributed by atoms with E-state index in [-0.39, 0.29) is 11.0 Å². The highest BCUT2D eigenvalue weighted by Crippen LogP contribution is 2.32. The van der Waals surface area contributed by atoms with Gasteiger partial charge in [-0.3, -0.25) is 4.79 Å². The van der Waals surface area contributed by atoms with Gasteiger partial charge in [0.25, 0.3) is 0 Å². The molecule has 2 aliphatic heterocycles. The molecule has 0 spiro atoms. The molecule has 8 heteroatoms. The van der Waals surface area contributed by atoms with Crippen molar-refractivity contribution in [1.82, 2.24) is 5.32 Å². The van der Waals surface area contributed by atoms with Crippen LogP contribution in [0, 0.1) is 0 Å². The normalized spacial score (nSPS) is 20.3. The summed E-state index contributed by atoms with van der Waals surface area (Å²) in [4.78, 5) is 11.9. The van der Waals surface area contributed by atoms with Gasteiger partial charge in [-0.25, -0.2) is 8.42 Å². The van der Waals surface area contributed by atoms with Crippen molar-refractivity contribution in [3.63, 3.8) is 0 Å². The van der Waals surface area contributed by atoms with Crippen LogP contribution in [0.15, 0.2) is 23.1 Å². The van der Waals surface area contributed by atoms with E-state index in [2.05, 4.69) is 5.32 Å². The summed E-state index contributed by atoms with van der Waals surface area (Å²) in [6, 6.07) is 4.37. The minimum atomic E-state index is -3.73. The number of sulfone groups is 1. The third-order valence-corrected chi connectivity index (χ3v) is 5.36. The first kappa shape index (κ1) is 16.1. The maximum absolute atomic E-state index is 12.3. The summed E-state index contributed by atoms with van der Waals surface area (Å²) in [5.41, 5.74) is 0. The van der Waals surface area contributed by atoms with Gasteiger partial charge in [0.15, 0.2) is 21.3 Å². The molecule has 7 nitrogen and oxygen atoms in total. The molecule has 23 heavy (non-hydrogen) atoms. The summed E-state index contributed by atoms with van der Waals surface area (Å²) in [5, 5.41) is 2.61. The molecule has 0 saturated carbocycles. The van der Waals surface area contributed by atoms with Gasteiger partial charge < -0.3 is 19.5 Å². The average Bonchev–Trinajstić information content (AvgIpc) is 3.05. The number of carbonyl (C=O) groups excluding carboxylic acids is 1. The largest absolute Gasteiger partial charge is 0.486 e. The fourth-order valence-corrected chi connectivity index (χ4v) is 3.73. The Labute approximate surface area is 134 Å². The molecule has 0 unspecified atom stereocenters. The van der Waals surface area contributed by atoms with Crippen molar-refractivity contribution in [2.24, 2.45) is 0 Å². The molecule has 0 aromatic heterocycles. The molecule has 1 aromatic rings. The molecule has 1 N–H and O–H groups in total. The standard InChI is InChI=1S/C15H19NO6S/c17-15(16-9-11-2-1-5-20-11)10-23(18,19)12-3-4-13-14(8-12)22-7-6-21-13/h3-4,8,11H,1-2,5-7,9-10H2,(H,16,17)/t11-/m1/s1. The molecule has 0 aliphatic carbocycles. The van der Waals surface area contributed by atoms with Crippen molar-refractivity contribution in [3.8, 4) is 11.5 Å². The van der Waals surface area contributed by atoms with Crippen LogP contribution in [0.25, 0.3) is 0 Å². The van der Waals surface area contributed by atoms with E-state index in [4.69, 9.17) is 14.2 Å². The van der Waals surface area contributed by atoms with Gasteiger partial charge in [-0.2, -0.15) is 0 Å². The molecule has 0 radical (unpaired) electrons. The third kappa shape index (κ3) is 3.94. The smallest absolute Gasteiger partial charge is 0.235 e. The molecule has 1 amide bonds. The highest BCUT2D eigenvalue weighted by Gasteiger charge is 2.23. The molecular formula is C15H19NO6S. The lowest BCUT2D eigenvalue weighted by Gasteiger charge is -2.18. The van der Waals surface area contributed by atoms with Crippen LogP contribution in [-0.2, 0) is 19.4 Å². The van der Waals surface area contributed by atoms with Crippen molar-refractivity contribution in [2.75, 3.05) is 32.1 Å². The molecule has 1 atom stereocenters. The van der Waals surface area contributed by atoms with E-state index < -0.39 is 21.5 Å². The maximum atomic E-state index is 12.3. The molecule has 1 saturated heterocycles. The second kappa shape index (κ2) is 6.76.